The number of carbonyl (C=O) groups excluding carboxylic acids is 4. The van der Waals surface area contributed by atoms with Crippen LogP contribution in [0, 0.1) is 11.8 Å². The van der Waals surface area contributed by atoms with Gasteiger partial charge in [0.2, 0.25) is 17.7 Å². The van der Waals surface area contributed by atoms with Crippen LogP contribution in [-0.2, 0) is 25.3 Å². The van der Waals surface area contributed by atoms with Gasteiger partial charge in [-0.2, -0.15) is 13.2 Å². The van der Waals surface area contributed by atoms with Gasteiger partial charge in [0.15, 0.2) is 6.29 Å². The van der Waals surface area contributed by atoms with Crippen LogP contribution in [0.1, 0.15) is 29.3 Å². The van der Waals surface area contributed by atoms with Crippen molar-refractivity contribution in [2.45, 2.75) is 32.0 Å². The lowest BCUT2D eigenvalue weighted by atomic mass is 9.81. The van der Waals surface area contributed by atoms with Crippen LogP contribution in [0.4, 0.5) is 24.5 Å². The highest BCUT2D eigenvalue weighted by Gasteiger charge is 2.48. The Morgan fingerprint density at radius 3 is 2.46 bits per heavy atom. The number of alkyl halides is 3. The number of anilines is 2. The molecule has 2 fully saturated rings. The van der Waals surface area contributed by atoms with Crippen molar-refractivity contribution in [1.29, 1.82) is 0 Å². The fraction of sp³-hybridized carbons (Fsp3) is 0.333. The maximum atomic E-state index is 13.0. The number of halogens is 3. The van der Waals surface area contributed by atoms with E-state index in [1.807, 2.05) is 0 Å². The fourth-order valence-corrected chi connectivity index (χ4v) is 4.24. The molecule has 0 saturated carbocycles. The fourth-order valence-electron chi connectivity index (χ4n) is 4.24. The first kappa shape index (κ1) is 25.9. The molecule has 2 saturated heterocycles. The summed E-state index contributed by atoms with van der Waals surface area (Å²) in [5.41, 5.74) is -0.120. The highest BCUT2D eigenvalue weighted by atomic mass is 19.4. The SMILES string of the molecule is CCOC(=O)c1ccc(NC(=O)C2CC(=O)NC3NC(Nc4cccc(C(F)(F)F)c4)NC(=O)C32)cc1. The molecule has 4 unspecified atom stereocenters. The Kier molecular flexibility index (Phi) is 7.34. The molecule has 37 heavy (non-hydrogen) atoms. The van der Waals surface area contributed by atoms with Gasteiger partial charge in [0.1, 0.15) is 0 Å². The molecule has 2 aliphatic heterocycles. The minimum absolute atomic E-state index is 0.0915. The minimum atomic E-state index is -4.54. The Labute approximate surface area is 209 Å². The van der Waals surface area contributed by atoms with Crippen molar-refractivity contribution in [3.63, 3.8) is 0 Å². The van der Waals surface area contributed by atoms with E-state index < -0.39 is 59.7 Å². The lowest BCUT2D eigenvalue weighted by Gasteiger charge is -2.43. The predicted molar refractivity (Wildman–Crippen MR) is 125 cm³/mol. The van der Waals surface area contributed by atoms with E-state index in [4.69, 9.17) is 4.74 Å². The topological polar surface area (TPSA) is 138 Å². The quantitative estimate of drug-likeness (QED) is 0.368. The van der Waals surface area contributed by atoms with E-state index in [9.17, 15) is 32.3 Å². The minimum Gasteiger partial charge on any atom is -0.462 e. The van der Waals surface area contributed by atoms with Crippen molar-refractivity contribution in [2.75, 3.05) is 17.2 Å². The molecule has 0 radical (unpaired) electrons. The monoisotopic (exact) mass is 519 g/mol. The highest BCUT2D eigenvalue weighted by Crippen LogP contribution is 2.31. The van der Waals surface area contributed by atoms with Crippen LogP contribution in [0.5, 0.6) is 0 Å². The largest absolute Gasteiger partial charge is 0.462 e. The van der Waals surface area contributed by atoms with Gasteiger partial charge >= 0.3 is 12.1 Å². The van der Waals surface area contributed by atoms with Crippen molar-refractivity contribution >= 4 is 35.1 Å². The molecule has 2 aliphatic rings. The molecule has 0 spiro atoms. The molecule has 2 aromatic carbocycles. The van der Waals surface area contributed by atoms with Crippen LogP contribution < -0.4 is 26.6 Å². The van der Waals surface area contributed by atoms with E-state index in [0.717, 1.165) is 12.1 Å². The molecule has 10 nitrogen and oxygen atoms in total. The first-order valence-electron chi connectivity index (χ1n) is 11.4. The molecule has 0 bridgehead atoms. The standard InChI is InChI=1S/C24H24F3N5O5/c1-2-37-22(36)12-6-8-14(9-7-12)28-20(34)16-11-17(33)30-19-18(16)21(35)32-23(31-19)29-15-5-3-4-13(10-15)24(25,26)27/h3-10,16,18-19,23,29,31H,2,11H2,1H3,(H,28,34)(H,30,33)(H,32,35). The molecule has 0 aromatic heterocycles. The van der Waals surface area contributed by atoms with Crippen molar-refractivity contribution in [3.05, 3.63) is 59.7 Å². The smallest absolute Gasteiger partial charge is 0.416 e. The Bertz CT molecular complexity index is 1200. The third-order valence-electron chi connectivity index (χ3n) is 5.95. The summed E-state index contributed by atoms with van der Waals surface area (Å²) >= 11 is 0. The number of esters is 1. The molecule has 13 heteroatoms. The number of amides is 3. The van der Waals surface area contributed by atoms with Crippen LogP contribution in [-0.4, -0.2) is 42.8 Å². The zero-order valence-electron chi connectivity index (χ0n) is 19.5. The molecule has 2 heterocycles. The maximum absolute atomic E-state index is 13.0. The molecule has 5 N–H and O–H groups in total. The molecule has 196 valence electrons. The van der Waals surface area contributed by atoms with E-state index in [1.165, 1.54) is 36.4 Å². The first-order chi connectivity index (χ1) is 17.5. The number of piperidine rings is 1. The molecular weight excluding hydrogens is 495 g/mol. The molecular formula is C24H24F3N5O5. The summed E-state index contributed by atoms with van der Waals surface area (Å²) in [5, 5.41) is 13.5. The van der Waals surface area contributed by atoms with Crippen molar-refractivity contribution in [2.24, 2.45) is 11.8 Å². The zero-order valence-corrected chi connectivity index (χ0v) is 19.5. The number of fused-ring (bicyclic) bond motifs is 1. The Balaban J connectivity index is 1.44. The van der Waals surface area contributed by atoms with Crippen LogP contribution in [0.15, 0.2) is 48.5 Å². The van der Waals surface area contributed by atoms with E-state index in [0.29, 0.717) is 11.3 Å². The predicted octanol–water partition coefficient (Wildman–Crippen LogP) is 2.01. The molecule has 2 aromatic rings. The molecule has 0 aliphatic carbocycles. The number of benzene rings is 2. The number of nitrogens with one attached hydrogen (secondary N) is 5. The average Bonchev–Trinajstić information content (AvgIpc) is 2.83. The van der Waals surface area contributed by atoms with E-state index in [-0.39, 0.29) is 18.7 Å². The van der Waals surface area contributed by atoms with E-state index in [1.54, 1.807) is 6.92 Å². The normalized spacial score (nSPS) is 23.2. The highest BCUT2D eigenvalue weighted by molar-refractivity contribution is 6.00. The number of ether oxygens (including phenoxy) is 1. The van der Waals surface area contributed by atoms with Gasteiger partial charge in [-0.15, -0.1) is 0 Å². The molecule has 4 rings (SSSR count). The Hall–Kier alpha value is -4.13. The number of hydrogen-bond donors (Lipinski definition) is 5. The number of rotatable bonds is 6. The van der Waals surface area contributed by atoms with E-state index >= 15 is 0 Å². The lowest BCUT2D eigenvalue weighted by molar-refractivity contribution is -0.144. The summed E-state index contributed by atoms with van der Waals surface area (Å²) in [4.78, 5) is 50.1. The van der Waals surface area contributed by atoms with Gasteiger partial charge in [-0.1, -0.05) is 6.07 Å². The van der Waals surface area contributed by atoms with Gasteiger partial charge in [-0.3, -0.25) is 19.7 Å². The van der Waals surface area contributed by atoms with Gasteiger partial charge in [0, 0.05) is 17.8 Å². The summed E-state index contributed by atoms with van der Waals surface area (Å²) in [6.45, 7) is 1.90. The average molecular weight is 519 g/mol. The van der Waals surface area contributed by atoms with Gasteiger partial charge < -0.3 is 26.0 Å². The summed E-state index contributed by atoms with van der Waals surface area (Å²) in [6, 6.07) is 10.4. The molecule has 4 atom stereocenters. The number of carbonyl (C=O) groups is 4. The third kappa shape index (κ3) is 6.00. The van der Waals surface area contributed by atoms with Gasteiger partial charge in [-0.05, 0) is 49.4 Å². The summed E-state index contributed by atoms with van der Waals surface area (Å²) < 4.78 is 44.0. The third-order valence-corrected chi connectivity index (χ3v) is 5.95. The van der Waals surface area contributed by atoms with Crippen molar-refractivity contribution in [3.8, 4) is 0 Å². The van der Waals surface area contributed by atoms with Crippen LogP contribution in [0.2, 0.25) is 0 Å². The summed E-state index contributed by atoms with van der Waals surface area (Å²) in [5.74, 6) is -4.12. The van der Waals surface area contributed by atoms with Crippen LogP contribution in [0.25, 0.3) is 0 Å². The van der Waals surface area contributed by atoms with Crippen LogP contribution in [0.3, 0.4) is 0 Å². The first-order valence-corrected chi connectivity index (χ1v) is 11.4. The maximum Gasteiger partial charge on any atom is 0.416 e. The Morgan fingerprint density at radius 2 is 1.78 bits per heavy atom. The Morgan fingerprint density at radius 1 is 1.05 bits per heavy atom. The van der Waals surface area contributed by atoms with Crippen LogP contribution >= 0.6 is 0 Å². The van der Waals surface area contributed by atoms with Gasteiger partial charge in [-0.25, -0.2) is 4.79 Å². The van der Waals surface area contributed by atoms with Gasteiger partial charge in [0.05, 0.1) is 35.7 Å². The van der Waals surface area contributed by atoms with E-state index in [2.05, 4.69) is 26.6 Å². The summed E-state index contributed by atoms with van der Waals surface area (Å²) in [6.07, 6.45) is -6.73. The lowest BCUT2D eigenvalue weighted by Crippen LogP contribution is -2.72. The van der Waals surface area contributed by atoms with Crippen molar-refractivity contribution in [1.82, 2.24) is 16.0 Å². The number of hydrogen-bond acceptors (Lipinski definition) is 7. The van der Waals surface area contributed by atoms with Crippen molar-refractivity contribution < 1.29 is 37.1 Å². The zero-order chi connectivity index (χ0) is 26.7. The van der Waals surface area contributed by atoms with Gasteiger partial charge in [0.25, 0.3) is 0 Å². The summed E-state index contributed by atoms with van der Waals surface area (Å²) in [7, 11) is 0. The molecule has 3 amide bonds. The second-order valence-corrected chi connectivity index (χ2v) is 8.50. The second kappa shape index (κ2) is 10.5. The second-order valence-electron chi connectivity index (χ2n) is 8.50.